The summed E-state index contributed by atoms with van der Waals surface area (Å²) < 4.78 is 1.000. The highest BCUT2D eigenvalue weighted by molar-refractivity contribution is 9.11. The molecule has 0 radical (unpaired) electrons. The van der Waals surface area contributed by atoms with Crippen LogP contribution in [0.2, 0.25) is 0 Å². The lowest BCUT2D eigenvalue weighted by molar-refractivity contribution is -0.114. The zero-order valence-electron chi connectivity index (χ0n) is 9.64. The van der Waals surface area contributed by atoms with Gasteiger partial charge in [-0.1, -0.05) is 18.2 Å². The molecule has 94 valence electrons. The first-order valence-electron chi connectivity index (χ1n) is 5.57. The van der Waals surface area contributed by atoms with Crippen molar-refractivity contribution in [1.82, 2.24) is 5.32 Å². The maximum Gasteiger partial charge on any atom is 0.258 e. The average molecular weight is 334 g/mol. The van der Waals surface area contributed by atoms with E-state index < -0.39 is 0 Å². The number of hydrogen-bond acceptors (Lipinski definition) is 3. The summed E-state index contributed by atoms with van der Waals surface area (Å²) in [6.45, 7) is 0. The predicted molar refractivity (Wildman–Crippen MR) is 78.8 cm³/mol. The Morgan fingerprint density at radius 3 is 2.42 bits per heavy atom. The Labute approximate surface area is 122 Å². The van der Waals surface area contributed by atoms with Crippen LogP contribution >= 0.6 is 27.3 Å². The lowest BCUT2D eigenvalue weighted by atomic mass is 9.94. The van der Waals surface area contributed by atoms with Crippen LogP contribution in [0.5, 0.6) is 0 Å². The summed E-state index contributed by atoms with van der Waals surface area (Å²) in [5, 5.41) is 2.36. The first-order valence-corrected chi connectivity index (χ1v) is 7.18. The largest absolute Gasteiger partial charge is 0.288 e. The summed E-state index contributed by atoms with van der Waals surface area (Å²) in [7, 11) is 0. The fraction of sp³-hybridized carbons (Fsp3) is 0. The standard InChI is InChI=1S/C14H8BrNO2S/c15-12-6-5-8(19-12)7-11-9-3-1-2-4-10(9)13(17)16-14(11)18/h1-7H,(H,16,17,18). The van der Waals surface area contributed by atoms with Gasteiger partial charge in [-0.25, -0.2) is 0 Å². The molecule has 2 aromatic rings. The van der Waals surface area contributed by atoms with Crippen molar-refractivity contribution >= 4 is 50.7 Å². The van der Waals surface area contributed by atoms with E-state index in [1.807, 2.05) is 18.2 Å². The molecule has 1 N–H and O–H groups in total. The molecule has 19 heavy (non-hydrogen) atoms. The van der Waals surface area contributed by atoms with Crippen molar-refractivity contribution in [3.05, 3.63) is 56.2 Å². The van der Waals surface area contributed by atoms with Crippen LogP contribution in [0, 0.1) is 0 Å². The average Bonchev–Trinajstić information content (AvgIpc) is 2.80. The van der Waals surface area contributed by atoms with Gasteiger partial charge in [-0.15, -0.1) is 11.3 Å². The van der Waals surface area contributed by atoms with E-state index >= 15 is 0 Å². The molecule has 5 heteroatoms. The molecule has 0 aliphatic carbocycles. The summed E-state index contributed by atoms with van der Waals surface area (Å²) in [5.74, 6) is -0.696. The minimum atomic E-state index is -0.353. The van der Waals surface area contributed by atoms with Gasteiger partial charge in [-0.3, -0.25) is 14.9 Å². The van der Waals surface area contributed by atoms with Crippen molar-refractivity contribution in [3.63, 3.8) is 0 Å². The van der Waals surface area contributed by atoms with Gasteiger partial charge in [-0.2, -0.15) is 0 Å². The summed E-state index contributed by atoms with van der Waals surface area (Å²) in [6.07, 6.45) is 1.80. The van der Waals surface area contributed by atoms with E-state index in [1.54, 1.807) is 24.3 Å². The van der Waals surface area contributed by atoms with Gasteiger partial charge >= 0.3 is 0 Å². The molecule has 0 unspecified atom stereocenters. The third-order valence-corrected chi connectivity index (χ3v) is 4.38. The lowest BCUT2D eigenvalue weighted by Crippen LogP contribution is -2.36. The number of fused-ring (bicyclic) bond motifs is 1. The quantitative estimate of drug-likeness (QED) is 0.642. The third-order valence-electron chi connectivity index (χ3n) is 2.81. The van der Waals surface area contributed by atoms with Crippen LogP contribution in [0.1, 0.15) is 20.8 Å². The van der Waals surface area contributed by atoms with E-state index in [4.69, 9.17) is 0 Å². The minimum Gasteiger partial charge on any atom is -0.288 e. The van der Waals surface area contributed by atoms with Gasteiger partial charge in [0, 0.05) is 16.0 Å². The first-order chi connectivity index (χ1) is 9.15. The highest BCUT2D eigenvalue weighted by atomic mass is 79.9. The Kier molecular flexibility index (Phi) is 3.08. The Hall–Kier alpha value is -1.72. The van der Waals surface area contributed by atoms with Gasteiger partial charge < -0.3 is 0 Å². The third kappa shape index (κ3) is 2.27. The maximum absolute atomic E-state index is 12.0. The second-order valence-corrected chi connectivity index (χ2v) is 6.52. The number of imide groups is 1. The van der Waals surface area contributed by atoms with Gasteiger partial charge in [0.15, 0.2) is 0 Å². The molecule has 0 spiro atoms. The molecule has 0 saturated carbocycles. The summed E-state index contributed by atoms with van der Waals surface area (Å²) in [4.78, 5) is 24.7. The normalized spacial score (nSPS) is 16.4. The van der Waals surface area contributed by atoms with Crippen LogP contribution in [0.25, 0.3) is 11.6 Å². The van der Waals surface area contributed by atoms with Crippen LogP contribution in [-0.4, -0.2) is 11.8 Å². The number of carbonyl (C=O) groups is 2. The molecule has 2 heterocycles. The van der Waals surface area contributed by atoms with Crippen LogP contribution in [-0.2, 0) is 4.79 Å². The Balaban J connectivity index is 2.15. The van der Waals surface area contributed by atoms with Crippen LogP contribution in [0.15, 0.2) is 40.2 Å². The van der Waals surface area contributed by atoms with Crippen molar-refractivity contribution in [3.8, 4) is 0 Å². The maximum atomic E-state index is 12.0. The number of nitrogens with one attached hydrogen (secondary N) is 1. The van der Waals surface area contributed by atoms with Crippen LogP contribution < -0.4 is 5.32 Å². The van der Waals surface area contributed by atoms with Crippen molar-refractivity contribution in [2.24, 2.45) is 0 Å². The zero-order valence-corrected chi connectivity index (χ0v) is 12.0. The SMILES string of the molecule is O=C1NC(=O)c2ccccc2C1=Cc1ccc(Br)s1. The molecule has 1 aromatic carbocycles. The Morgan fingerprint density at radius 2 is 1.74 bits per heavy atom. The number of hydrogen-bond donors (Lipinski definition) is 1. The smallest absolute Gasteiger partial charge is 0.258 e. The highest BCUT2D eigenvalue weighted by Gasteiger charge is 2.26. The molecule has 0 bridgehead atoms. The monoisotopic (exact) mass is 333 g/mol. The van der Waals surface area contributed by atoms with Crippen molar-refractivity contribution < 1.29 is 9.59 Å². The predicted octanol–water partition coefficient (Wildman–Crippen LogP) is 3.32. The molecular formula is C14H8BrNO2S. The highest BCUT2D eigenvalue weighted by Crippen LogP contribution is 2.29. The number of amides is 2. The van der Waals surface area contributed by atoms with Crippen LogP contribution in [0.4, 0.5) is 0 Å². The molecule has 0 fully saturated rings. The summed E-state index contributed by atoms with van der Waals surface area (Å²) in [5.41, 5.74) is 1.73. The fourth-order valence-electron chi connectivity index (χ4n) is 1.97. The molecule has 0 atom stereocenters. The van der Waals surface area contributed by atoms with Crippen molar-refractivity contribution in [2.45, 2.75) is 0 Å². The van der Waals surface area contributed by atoms with Gasteiger partial charge in [0.2, 0.25) is 0 Å². The number of rotatable bonds is 1. The molecule has 3 rings (SSSR count). The van der Waals surface area contributed by atoms with E-state index in [-0.39, 0.29) is 11.8 Å². The number of halogens is 1. The minimum absolute atomic E-state index is 0.342. The van der Waals surface area contributed by atoms with Gasteiger partial charge in [0.1, 0.15) is 0 Å². The molecule has 3 nitrogen and oxygen atoms in total. The van der Waals surface area contributed by atoms with Crippen molar-refractivity contribution in [2.75, 3.05) is 0 Å². The van der Waals surface area contributed by atoms with E-state index in [0.29, 0.717) is 16.7 Å². The molecular weight excluding hydrogens is 326 g/mol. The molecule has 2 amide bonds. The van der Waals surface area contributed by atoms with Gasteiger partial charge in [-0.05, 0) is 45.8 Å². The fourth-order valence-corrected chi connectivity index (χ4v) is 3.33. The van der Waals surface area contributed by atoms with E-state index in [0.717, 1.165) is 8.66 Å². The van der Waals surface area contributed by atoms with E-state index in [2.05, 4.69) is 21.2 Å². The molecule has 1 aromatic heterocycles. The van der Waals surface area contributed by atoms with Crippen molar-refractivity contribution in [1.29, 1.82) is 0 Å². The lowest BCUT2D eigenvalue weighted by Gasteiger charge is -2.17. The number of thiophene rings is 1. The second kappa shape index (κ2) is 4.75. The topological polar surface area (TPSA) is 46.2 Å². The van der Waals surface area contributed by atoms with Crippen LogP contribution in [0.3, 0.4) is 0 Å². The number of carbonyl (C=O) groups excluding carboxylic acids is 2. The molecule has 1 aliphatic rings. The summed E-state index contributed by atoms with van der Waals surface area (Å²) >= 11 is 4.92. The first kappa shape index (κ1) is 12.3. The second-order valence-electron chi connectivity index (χ2n) is 4.03. The summed E-state index contributed by atoms with van der Waals surface area (Å²) in [6, 6.07) is 11.0. The number of benzene rings is 1. The zero-order chi connectivity index (χ0) is 13.4. The molecule has 1 aliphatic heterocycles. The van der Waals surface area contributed by atoms with E-state index in [1.165, 1.54) is 11.3 Å². The van der Waals surface area contributed by atoms with Gasteiger partial charge in [0.05, 0.1) is 3.79 Å². The Bertz CT molecular complexity index is 718. The van der Waals surface area contributed by atoms with Gasteiger partial charge in [0.25, 0.3) is 11.8 Å². The molecule has 0 saturated heterocycles. The Morgan fingerprint density at radius 1 is 1.00 bits per heavy atom. The van der Waals surface area contributed by atoms with E-state index in [9.17, 15) is 9.59 Å².